The Hall–Kier alpha value is -0.740. The minimum atomic E-state index is 0. The molecule has 136 valence electrons. The van der Waals surface area contributed by atoms with Gasteiger partial charge in [0.2, 0.25) is 0 Å². The Morgan fingerprint density at radius 1 is 0.783 bits per heavy atom. The lowest BCUT2D eigenvalue weighted by Crippen LogP contribution is -2.19. The molecule has 4 heteroatoms. The van der Waals surface area contributed by atoms with Crippen LogP contribution in [0.4, 0.5) is 0 Å². The average Bonchev–Trinajstić information content (AvgIpc) is 3.09. The first kappa shape index (κ1) is 22.3. The van der Waals surface area contributed by atoms with Gasteiger partial charge in [0.15, 0.2) is 0 Å². The van der Waals surface area contributed by atoms with Crippen molar-refractivity contribution in [2.75, 3.05) is 27.4 Å². The van der Waals surface area contributed by atoms with E-state index >= 15 is 0 Å². The Morgan fingerprint density at radius 2 is 1.13 bits per heavy atom. The lowest BCUT2D eigenvalue weighted by atomic mass is 9.93. The van der Waals surface area contributed by atoms with E-state index in [9.17, 15) is 9.59 Å². The molecule has 0 aromatic heterocycles. The van der Waals surface area contributed by atoms with Crippen LogP contribution in [0.5, 0.6) is 0 Å². The number of ketones is 2. The molecule has 0 radical (unpaired) electrons. The van der Waals surface area contributed by atoms with Crippen molar-refractivity contribution in [2.45, 2.75) is 59.8 Å². The second kappa shape index (κ2) is 11.7. The Morgan fingerprint density at radius 3 is 1.39 bits per heavy atom. The highest BCUT2D eigenvalue weighted by Crippen LogP contribution is 2.32. The summed E-state index contributed by atoms with van der Waals surface area (Å²) in [4.78, 5) is 22.2. The molecule has 23 heavy (non-hydrogen) atoms. The van der Waals surface area contributed by atoms with E-state index < -0.39 is 0 Å². The van der Waals surface area contributed by atoms with Crippen molar-refractivity contribution < 1.29 is 19.1 Å². The van der Waals surface area contributed by atoms with Gasteiger partial charge in [0.1, 0.15) is 11.6 Å². The fourth-order valence-electron chi connectivity index (χ4n) is 3.97. The first-order valence-corrected chi connectivity index (χ1v) is 8.50. The maximum Gasteiger partial charge on any atom is 0.133 e. The fourth-order valence-corrected chi connectivity index (χ4v) is 3.97. The summed E-state index contributed by atoms with van der Waals surface area (Å²) >= 11 is 0. The molecule has 0 saturated heterocycles. The van der Waals surface area contributed by atoms with Crippen LogP contribution < -0.4 is 0 Å². The molecule has 0 N–H and O–H groups in total. The average molecular weight is 328 g/mol. The van der Waals surface area contributed by atoms with E-state index in [1.165, 1.54) is 12.8 Å². The van der Waals surface area contributed by atoms with E-state index in [0.717, 1.165) is 38.9 Å². The monoisotopic (exact) mass is 328 g/mol. The molecule has 0 aromatic carbocycles. The number of Topliss-reactive ketones (excluding diaryl/α,β-unsaturated/α-hetero) is 2. The zero-order valence-electron chi connectivity index (χ0n) is 14.6. The van der Waals surface area contributed by atoms with Crippen molar-refractivity contribution in [3.05, 3.63) is 0 Å². The molecule has 2 rings (SSSR count). The summed E-state index contributed by atoms with van der Waals surface area (Å²) in [7, 11) is 3.41. The van der Waals surface area contributed by atoms with Crippen molar-refractivity contribution in [1.29, 1.82) is 0 Å². The fraction of sp³-hybridized carbons (Fsp3) is 0.895. The van der Waals surface area contributed by atoms with Gasteiger partial charge < -0.3 is 9.47 Å². The minimum absolute atomic E-state index is 0. The Labute approximate surface area is 142 Å². The molecule has 0 amide bonds. The molecule has 2 aliphatic rings. The molecule has 0 spiro atoms. The molecular weight excluding hydrogens is 292 g/mol. The maximum absolute atomic E-state index is 11.1. The predicted molar refractivity (Wildman–Crippen MR) is 93.5 cm³/mol. The lowest BCUT2D eigenvalue weighted by molar-refractivity contribution is -0.123. The summed E-state index contributed by atoms with van der Waals surface area (Å²) in [5.74, 6) is 2.24. The van der Waals surface area contributed by atoms with E-state index in [0.29, 0.717) is 23.4 Å². The summed E-state index contributed by atoms with van der Waals surface area (Å²) in [6.45, 7) is 4.89. The quantitative estimate of drug-likeness (QED) is 0.742. The third-order valence-corrected chi connectivity index (χ3v) is 5.12. The van der Waals surface area contributed by atoms with Gasteiger partial charge in [-0.1, -0.05) is 20.3 Å². The van der Waals surface area contributed by atoms with Crippen molar-refractivity contribution >= 4 is 11.6 Å². The van der Waals surface area contributed by atoms with Gasteiger partial charge in [-0.3, -0.25) is 9.59 Å². The Balaban J connectivity index is 0.000000403. The topological polar surface area (TPSA) is 52.6 Å². The zero-order valence-corrected chi connectivity index (χ0v) is 14.6. The lowest BCUT2D eigenvalue weighted by Gasteiger charge is -2.14. The van der Waals surface area contributed by atoms with Gasteiger partial charge in [-0.15, -0.1) is 0 Å². The third kappa shape index (κ3) is 7.13. The van der Waals surface area contributed by atoms with Crippen LogP contribution in [0.2, 0.25) is 0 Å². The number of carbonyl (C=O) groups excluding carboxylic acids is 2. The van der Waals surface area contributed by atoms with Gasteiger partial charge in [-0.05, 0) is 51.4 Å². The van der Waals surface area contributed by atoms with E-state index in [1.54, 1.807) is 28.1 Å². The van der Waals surface area contributed by atoms with Crippen LogP contribution in [0.3, 0.4) is 0 Å². The Kier molecular flexibility index (Phi) is 11.4. The molecular formula is C19H36O4. The van der Waals surface area contributed by atoms with Crippen LogP contribution in [0.15, 0.2) is 0 Å². The van der Waals surface area contributed by atoms with Crippen molar-refractivity contribution in [3.8, 4) is 0 Å². The summed E-state index contributed by atoms with van der Waals surface area (Å²) in [6, 6.07) is 0. The number of carbonyl (C=O) groups is 2. The van der Waals surface area contributed by atoms with Crippen LogP contribution in [0.25, 0.3) is 0 Å². The summed E-state index contributed by atoms with van der Waals surface area (Å²) in [5.41, 5.74) is 0. The van der Waals surface area contributed by atoms with Gasteiger partial charge in [-0.2, -0.15) is 0 Å². The second-order valence-electron chi connectivity index (χ2n) is 6.73. The second-order valence-corrected chi connectivity index (χ2v) is 6.73. The largest absolute Gasteiger partial charge is 0.384 e. The predicted octanol–water partition coefficient (Wildman–Crippen LogP) is 3.91. The van der Waals surface area contributed by atoms with Gasteiger partial charge in [0.05, 0.1) is 0 Å². The molecule has 2 aliphatic carbocycles. The minimum Gasteiger partial charge on any atom is -0.384 e. The first-order valence-electron chi connectivity index (χ1n) is 8.50. The van der Waals surface area contributed by atoms with Gasteiger partial charge in [-0.25, -0.2) is 0 Å². The molecule has 2 fully saturated rings. The smallest absolute Gasteiger partial charge is 0.133 e. The highest BCUT2D eigenvalue weighted by Gasteiger charge is 2.30. The summed E-state index contributed by atoms with van der Waals surface area (Å²) in [5, 5.41) is 0. The van der Waals surface area contributed by atoms with Crippen molar-refractivity contribution in [2.24, 2.45) is 23.7 Å². The summed E-state index contributed by atoms with van der Waals surface area (Å²) < 4.78 is 10.1. The normalized spacial score (nSPS) is 29.4. The molecule has 2 saturated carbocycles. The first-order chi connectivity index (χ1) is 10.5. The third-order valence-electron chi connectivity index (χ3n) is 5.12. The van der Waals surface area contributed by atoms with Crippen LogP contribution in [0, 0.1) is 23.7 Å². The molecule has 4 atom stereocenters. The van der Waals surface area contributed by atoms with Crippen LogP contribution >= 0.6 is 0 Å². The van der Waals surface area contributed by atoms with E-state index in [1.807, 2.05) is 0 Å². The highest BCUT2D eigenvalue weighted by atomic mass is 16.5. The molecule has 2 unspecified atom stereocenters. The highest BCUT2D eigenvalue weighted by molar-refractivity contribution is 5.79. The van der Waals surface area contributed by atoms with E-state index in [-0.39, 0.29) is 19.3 Å². The van der Waals surface area contributed by atoms with Gasteiger partial charge in [0.25, 0.3) is 0 Å². The van der Waals surface area contributed by atoms with Crippen LogP contribution in [-0.2, 0) is 19.1 Å². The van der Waals surface area contributed by atoms with Crippen molar-refractivity contribution in [3.63, 3.8) is 0 Å². The SMILES string of the molecule is C.COCC1CCCC1C(C)=O.COC[C@@H]1CCC[C@H]1C(C)=O. The number of hydrogen-bond acceptors (Lipinski definition) is 4. The molecule has 0 heterocycles. The zero-order chi connectivity index (χ0) is 16.5. The van der Waals surface area contributed by atoms with Gasteiger partial charge in [0, 0.05) is 39.3 Å². The molecule has 0 aromatic rings. The number of ether oxygens (including phenoxy) is 2. The van der Waals surface area contributed by atoms with Crippen LogP contribution in [0.1, 0.15) is 59.8 Å². The number of methoxy groups -OCH3 is 2. The maximum atomic E-state index is 11.1. The van der Waals surface area contributed by atoms with E-state index in [2.05, 4.69) is 0 Å². The van der Waals surface area contributed by atoms with Gasteiger partial charge >= 0.3 is 0 Å². The molecule has 0 bridgehead atoms. The Bertz CT molecular complexity index is 319. The van der Waals surface area contributed by atoms with E-state index in [4.69, 9.17) is 9.47 Å². The standard InChI is InChI=1S/2C9H16O2.CH4/c2*1-7(10)9-5-3-4-8(9)6-11-2;/h2*8-9H,3-6H2,1-2H3;1H4/t8-,9-;;/m0../s1. The summed E-state index contributed by atoms with van der Waals surface area (Å²) in [6.07, 6.45) is 6.86. The molecule has 4 nitrogen and oxygen atoms in total. The molecule has 0 aliphatic heterocycles. The van der Waals surface area contributed by atoms with Crippen molar-refractivity contribution in [1.82, 2.24) is 0 Å². The number of hydrogen-bond donors (Lipinski definition) is 0. The number of rotatable bonds is 6. The van der Waals surface area contributed by atoms with Crippen LogP contribution in [-0.4, -0.2) is 39.0 Å².